The molecule has 0 saturated heterocycles. The summed E-state index contributed by atoms with van der Waals surface area (Å²) in [5.74, 6) is -0.685. The van der Waals surface area contributed by atoms with Crippen LogP contribution < -0.4 is 0 Å². The highest BCUT2D eigenvalue weighted by atomic mass is 16.2. The number of ketones is 2. The second-order valence-corrected chi connectivity index (χ2v) is 5.36. The second kappa shape index (κ2) is 6.43. The van der Waals surface area contributed by atoms with E-state index in [0.29, 0.717) is 11.3 Å². The largest absolute Gasteiger partial charge is 0.297 e. The Morgan fingerprint density at radius 3 is 2.27 bits per heavy atom. The molecule has 2 rings (SSSR count). The fourth-order valence-electron chi connectivity index (χ4n) is 1.99. The van der Waals surface area contributed by atoms with Crippen LogP contribution in [0.2, 0.25) is 0 Å². The number of carbonyl (C=O) groups excluding carboxylic acids is 2. The van der Waals surface area contributed by atoms with Crippen LogP contribution in [0.25, 0.3) is 0 Å². The average Bonchev–Trinajstić information content (AvgIpc) is 2.52. The number of aryl methyl sites for hydroxylation is 1. The van der Waals surface area contributed by atoms with Crippen LogP contribution >= 0.6 is 0 Å². The molecule has 112 valence electrons. The van der Waals surface area contributed by atoms with Crippen molar-refractivity contribution in [2.24, 2.45) is 10.2 Å². The monoisotopic (exact) mass is 294 g/mol. The maximum Gasteiger partial charge on any atom is 0.199 e. The van der Waals surface area contributed by atoms with Gasteiger partial charge in [-0.15, -0.1) is 0 Å². The van der Waals surface area contributed by atoms with Crippen LogP contribution in [0.5, 0.6) is 0 Å². The molecule has 0 amide bonds. The van der Waals surface area contributed by atoms with Crippen molar-refractivity contribution in [3.8, 4) is 0 Å². The van der Waals surface area contributed by atoms with Gasteiger partial charge in [-0.3, -0.25) is 9.59 Å². The maximum atomic E-state index is 12.6. The van der Waals surface area contributed by atoms with E-state index in [1.807, 2.05) is 31.2 Å². The molecular formula is C18H18N2O2. The SMILES string of the molecule is CC(=O)C(C)(N=Nc1cccc(C)c1)C(=O)c1ccccc1. The fourth-order valence-corrected chi connectivity index (χ4v) is 1.99. The van der Waals surface area contributed by atoms with Gasteiger partial charge in [0.15, 0.2) is 17.1 Å². The molecule has 0 N–H and O–H groups in total. The van der Waals surface area contributed by atoms with Crippen molar-refractivity contribution in [1.29, 1.82) is 0 Å². The van der Waals surface area contributed by atoms with Crippen LogP contribution in [-0.4, -0.2) is 17.1 Å². The highest BCUT2D eigenvalue weighted by molar-refractivity contribution is 6.17. The van der Waals surface area contributed by atoms with E-state index in [1.165, 1.54) is 13.8 Å². The molecule has 2 aromatic rings. The molecule has 2 aromatic carbocycles. The van der Waals surface area contributed by atoms with Gasteiger partial charge in [0, 0.05) is 5.56 Å². The molecule has 0 radical (unpaired) electrons. The Labute approximate surface area is 129 Å². The lowest BCUT2D eigenvalue weighted by Gasteiger charge is -2.19. The Balaban J connectivity index is 2.37. The molecule has 4 heteroatoms. The summed E-state index contributed by atoms with van der Waals surface area (Å²) in [4.78, 5) is 24.6. The summed E-state index contributed by atoms with van der Waals surface area (Å²) in [6, 6.07) is 16.1. The summed E-state index contributed by atoms with van der Waals surface area (Å²) in [6.45, 7) is 4.80. The first-order chi connectivity index (χ1) is 10.4. The zero-order valence-electron chi connectivity index (χ0n) is 12.9. The standard InChI is InChI=1S/C18H18N2O2/c1-13-8-7-11-16(12-13)19-20-18(3,14(2)21)17(22)15-9-5-4-6-10-15/h4-12H,1-3H3. The summed E-state index contributed by atoms with van der Waals surface area (Å²) < 4.78 is 0. The van der Waals surface area contributed by atoms with Crippen LogP contribution in [0, 0.1) is 6.92 Å². The minimum Gasteiger partial charge on any atom is -0.297 e. The van der Waals surface area contributed by atoms with E-state index in [1.54, 1.807) is 30.3 Å². The Hall–Kier alpha value is -2.62. The summed E-state index contributed by atoms with van der Waals surface area (Å²) in [5, 5.41) is 8.16. The van der Waals surface area contributed by atoms with Gasteiger partial charge in [-0.2, -0.15) is 10.2 Å². The number of hydrogen-bond donors (Lipinski definition) is 0. The Bertz CT molecular complexity index is 723. The predicted molar refractivity (Wildman–Crippen MR) is 85.6 cm³/mol. The molecule has 0 spiro atoms. The van der Waals surface area contributed by atoms with E-state index in [4.69, 9.17) is 0 Å². The first-order valence-electron chi connectivity index (χ1n) is 7.04. The highest BCUT2D eigenvalue weighted by Crippen LogP contribution is 2.23. The van der Waals surface area contributed by atoms with Crippen molar-refractivity contribution in [2.45, 2.75) is 26.3 Å². The summed E-state index contributed by atoms with van der Waals surface area (Å²) in [7, 11) is 0. The van der Waals surface area contributed by atoms with Gasteiger partial charge in [-0.25, -0.2) is 0 Å². The van der Waals surface area contributed by atoms with Crippen molar-refractivity contribution in [2.75, 3.05) is 0 Å². The lowest BCUT2D eigenvalue weighted by molar-refractivity contribution is -0.120. The highest BCUT2D eigenvalue weighted by Gasteiger charge is 2.39. The molecule has 22 heavy (non-hydrogen) atoms. The van der Waals surface area contributed by atoms with Crippen molar-refractivity contribution in [3.05, 3.63) is 65.7 Å². The maximum absolute atomic E-state index is 12.6. The lowest BCUT2D eigenvalue weighted by atomic mass is 9.88. The van der Waals surface area contributed by atoms with Gasteiger partial charge >= 0.3 is 0 Å². The first-order valence-corrected chi connectivity index (χ1v) is 7.04. The molecular weight excluding hydrogens is 276 g/mol. The lowest BCUT2D eigenvalue weighted by Crippen LogP contribution is -2.40. The predicted octanol–water partition coefficient (Wildman–Crippen LogP) is 4.31. The van der Waals surface area contributed by atoms with E-state index >= 15 is 0 Å². The van der Waals surface area contributed by atoms with E-state index in [0.717, 1.165) is 5.56 Å². The fraction of sp³-hybridized carbons (Fsp3) is 0.222. The third-order valence-electron chi connectivity index (χ3n) is 3.53. The third kappa shape index (κ3) is 3.34. The van der Waals surface area contributed by atoms with Crippen molar-refractivity contribution < 1.29 is 9.59 Å². The van der Waals surface area contributed by atoms with Gasteiger partial charge in [0.25, 0.3) is 0 Å². The molecule has 0 saturated carbocycles. The van der Waals surface area contributed by atoms with E-state index in [9.17, 15) is 9.59 Å². The van der Waals surface area contributed by atoms with Gasteiger partial charge in [-0.1, -0.05) is 42.5 Å². The third-order valence-corrected chi connectivity index (χ3v) is 3.53. The van der Waals surface area contributed by atoms with Crippen LogP contribution in [0.4, 0.5) is 5.69 Å². The number of rotatable bonds is 5. The smallest absolute Gasteiger partial charge is 0.199 e. The summed E-state index contributed by atoms with van der Waals surface area (Å²) in [6.07, 6.45) is 0. The topological polar surface area (TPSA) is 58.9 Å². The number of carbonyl (C=O) groups is 2. The molecule has 1 atom stereocenters. The Morgan fingerprint density at radius 2 is 1.68 bits per heavy atom. The van der Waals surface area contributed by atoms with Crippen molar-refractivity contribution >= 4 is 17.3 Å². The quantitative estimate of drug-likeness (QED) is 0.468. The molecule has 0 aromatic heterocycles. The van der Waals surface area contributed by atoms with Gasteiger partial charge < -0.3 is 0 Å². The molecule has 4 nitrogen and oxygen atoms in total. The van der Waals surface area contributed by atoms with Crippen LogP contribution in [-0.2, 0) is 4.79 Å². The van der Waals surface area contributed by atoms with Gasteiger partial charge in [0.1, 0.15) is 0 Å². The summed E-state index contributed by atoms with van der Waals surface area (Å²) >= 11 is 0. The van der Waals surface area contributed by atoms with E-state index in [-0.39, 0.29) is 11.6 Å². The molecule has 0 bridgehead atoms. The number of Topliss-reactive ketones (excluding diaryl/α,β-unsaturated/α-hetero) is 2. The summed E-state index contributed by atoms with van der Waals surface area (Å²) in [5.41, 5.74) is 0.595. The van der Waals surface area contributed by atoms with Gasteiger partial charge in [-0.05, 0) is 38.5 Å². The van der Waals surface area contributed by atoms with Crippen molar-refractivity contribution in [1.82, 2.24) is 0 Å². The average molecular weight is 294 g/mol. The molecule has 0 aliphatic heterocycles. The second-order valence-electron chi connectivity index (χ2n) is 5.36. The number of azo groups is 1. The minimum atomic E-state index is -1.51. The van der Waals surface area contributed by atoms with E-state index < -0.39 is 5.54 Å². The minimum absolute atomic E-state index is 0.335. The molecule has 0 fully saturated rings. The van der Waals surface area contributed by atoms with Crippen LogP contribution in [0.1, 0.15) is 29.8 Å². The molecule has 0 heterocycles. The Morgan fingerprint density at radius 1 is 1.00 bits per heavy atom. The normalized spacial score (nSPS) is 13.8. The van der Waals surface area contributed by atoms with Crippen LogP contribution in [0.3, 0.4) is 0 Å². The zero-order chi connectivity index (χ0) is 16.2. The number of benzene rings is 2. The molecule has 1 unspecified atom stereocenters. The number of nitrogens with zero attached hydrogens (tertiary/aromatic N) is 2. The first kappa shape index (κ1) is 15.8. The van der Waals surface area contributed by atoms with E-state index in [2.05, 4.69) is 10.2 Å². The van der Waals surface area contributed by atoms with Crippen molar-refractivity contribution in [3.63, 3.8) is 0 Å². The Kier molecular flexibility index (Phi) is 4.61. The number of hydrogen-bond acceptors (Lipinski definition) is 4. The van der Waals surface area contributed by atoms with Gasteiger partial charge in [0.2, 0.25) is 0 Å². The van der Waals surface area contributed by atoms with Crippen LogP contribution in [0.15, 0.2) is 64.8 Å². The molecule has 0 aliphatic rings. The zero-order valence-corrected chi connectivity index (χ0v) is 12.9. The molecule has 0 aliphatic carbocycles. The van der Waals surface area contributed by atoms with Gasteiger partial charge in [0.05, 0.1) is 5.69 Å².